The highest BCUT2D eigenvalue weighted by Crippen LogP contribution is 2.32. The van der Waals surface area contributed by atoms with Gasteiger partial charge in [0.1, 0.15) is 11.5 Å². The van der Waals surface area contributed by atoms with Gasteiger partial charge in [0, 0.05) is 0 Å². The van der Waals surface area contributed by atoms with Crippen molar-refractivity contribution in [1.29, 1.82) is 0 Å². The van der Waals surface area contributed by atoms with Crippen molar-refractivity contribution >= 4 is 0 Å². The van der Waals surface area contributed by atoms with E-state index in [1.54, 1.807) is 6.92 Å². The molecule has 5 N–H and O–H groups in total. The summed E-state index contributed by atoms with van der Waals surface area (Å²) >= 11 is 0. The number of aryl methyl sites for hydroxylation is 1. The van der Waals surface area contributed by atoms with Gasteiger partial charge in [-0.2, -0.15) is 0 Å². The number of aliphatic hydroxyl groups is 1. The second kappa shape index (κ2) is 3.64. The average molecular weight is 183 g/mol. The van der Waals surface area contributed by atoms with Gasteiger partial charge in [-0.3, -0.25) is 0 Å². The van der Waals surface area contributed by atoms with Crippen molar-refractivity contribution in [3.05, 3.63) is 23.3 Å². The Bertz CT molecular complexity index is 289. The third kappa shape index (κ3) is 1.91. The molecule has 4 nitrogen and oxygen atoms in total. The molecular formula is C9H13NO3. The van der Waals surface area contributed by atoms with Crippen molar-refractivity contribution in [1.82, 2.24) is 0 Å². The van der Waals surface area contributed by atoms with E-state index in [2.05, 4.69) is 0 Å². The quantitative estimate of drug-likeness (QED) is 0.534. The van der Waals surface area contributed by atoms with Crippen molar-refractivity contribution in [2.75, 3.05) is 6.61 Å². The zero-order valence-corrected chi connectivity index (χ0v) is 7.36. The first-order chi connectivity index (χ1) is 6.06. The molecule has 0 bridgehead atoms. The van der Waals surface area contributed by atoms with Crippen LogP contribution in [-0.2, 0) is 0 Å². The summed E-state index contributed by atoms with van der Waals surface area (Å²) in [5.41, 5.74) is 6.40. The summed E-state index contributed by atoms with van der Waals surface area (Å²) in [5.74, 6) is -0.168. The maximum absolute atomic E-state index is 9.42. The number of rotatable bonds is 2. The predicted octanol–water partition coefficient (Wildman–Crippen LogP) is 0.398. The molecule has 0 heterocycles. The normalized spacial score (nSPS) is 12.8. The van der Waals surface area contributed by atoms with Crippen LogP contribution in [0.1, 0.15) is 17.2 Å². The Kier molecular flexibility index (Phi) is 2.75. The van der Waals surface area contributed by atoms with E-state index in [4.69, 9.17) is 10.8 Å². The molecule has 4 heteroatoms. The van der Waals surface area contributed by atoms with E-state index >= 15 is 0 Å². The highest BCUT2D eigenvalue weighted by atomic mass is 16.3. The van der Waals surface area contributed by atoms with Crippen molar-refractivity contribution in [3.8, 4) is 11.5 Å². The number of phenols is 2. The van der Waals surface area contributed by atoms with Gasteiger partial charge in [-0.25, -0.2) is 0 Å². The molecule has 1 unspecified atom stereocenters. The Morgan fingerprint density at radius 3 is 2.15 bits per heavy atom. The van der Waals surface area contributed by atoms with E-state index in [0.717, 1.165) is 5.56 Å². The lowest BCUT2D eigenvalue weighted by atomic mass is 10.0. The minimum Gasteiger partial charge on any atom is -0.507 e. The smallest absolute Gasteiger partial charge is 0.124 e. The van der Waals surface area contributed by atoms with Gasteiger partial charge in [0.05, 0.1) is 18.2 Å². The summed E-state index contributed by atoms with van der Waals surface area (Å²) in [6, 6.07) is 2.23. The molecule has 0 aliphatic rings. The zero-order chi connectivity index (χ0) is 10.0. The van der Waals surface area contributed by atoms with Crippen LogP contribution >= 0.6 is 0 Å². The van der Waals surface area contributed by atoms with Crippen molar-refractivity contribution in [3.63, 3.8) is 0 Å². The van der Waals surface area contributed by atoms with Crippen LogP contribution in [0.5, 0.6) is 11.5 Å². The van der Waals surface area contributed by atoms with Gasteiger partial charge in [-0.05, 0) is 24.6 Å². The third-order valence-electron chi connectivity index (χ3n) is 1.85. The molecule has 0 fully saturated rings. The Labute approximate surface area is 76.2 Å². The lowest BCUT2D eigenvalue weighted by molar-refractivity contribution is 0.262. The van der Waals surface area contributed by atoms with Crippen LogP contribution in [-0.4, -0.2) is 21.9 Å². The maximum atomic E-state index is 9.42. The van der Waals surface area contributed by atoms with Gasteiger partial charge >= 0.3 is 0 Å². The first-order valence-corrected chi connectivity index (χ1v) is 3.95. The summed E-state index contributed by atoms with van der Waals surface area (Å²) in [5, 5.41) is 27.6. The van der Waals surface area contributed by atoms with E-state index in [-0.39, 0.29) is 23.7 Å². The SMILES string of the molecule is Cc1cc(O)c(C(N)CO)c(O)c1. The number of phenolic OH excluding ortho intramolecular Hbond substituents is 2. The van der Waals surface area contributed by atoms with E-state index < -0.39 is 6.04 Å². The summed E-state index contributed by atoms with van der Waals surface area (Å²) in [6.07, 6.45) is 0. The van der Waals surface area contributed by atoms with Gasteiger partial charge in [-0.1, -0.05) is 0 Å². The van der Waals surface area contributed by atoms with Gasteiger partial charge < -0.3 is 21.1 Å². The molecule has 1 aromatic rings. The summed E-state index contributed by atoms with van der Waals surface area (Å²) in [6.45, 7) is 1.43. The van der Waals surface area contributed by atoms with Gasteiger partial charge in [0.25, 0.3) is 0 Å². The predicted molar refractivity (Wildman–Crippen MR) is 48.5 cm³/mol. The first-order valence-electron chi connectivity index (χ1n) is 3.95. The van der Waals surface area contributed by atoms with E-state index in [1.165, 1.54) is 12.1 Å². The molecular weight excluding hydrogens is 170 g/mol. The summed E-state index contributed by atoms with van der Waals surface area (Å²) in [4.78, 5) is 0. The van der Waals surface area contributed by atoms with E-state index in [1.807, 2.05) is 0 Å². The van der Waals surface area contributed by atoms with Gasteiger partial charge in [0.2, 0.25) is 0 Å². The molecule has 0 aromatic heterocycles. The molecule has 1 rings (SSSR count). The molecule has 0 saturated carbocycles. The van der Waals surface area contributed by atoms with Crippen molar-refractivity contribution in [2.24, 2.45) is 5.73 Å². The van der Waals surface area contributed by atoms with Crippen LogP contribution < -0.4 is 5.73 Å². The molecule has 0 spiro atoms. The third-order valence-corrected chi connectivity index (χ3v) is 1.85. The molecule has 0 aliphatic heterocycles. The van der Waals surface area contributed by atoms with E-state index in [0.29, 0.717) is 0 Å². The largest absolute Gasteiger partial charge is 0.507 e. The first kappa shape index (κ1) is 9.83. The van der Waals surface area contributed by atoms with E-state index in [9.17, 15) is 10.2 Å². The Morgan fingerprint density at radius 2 is 1.77 bits per heavy atom. The van der Waals surface area contributed by atoms with Crippen LogP contribution in [0.15, 0.2) is 12.1 Å². The highest BCUT2D eigenvalue weighted by molar-refractivity contribution is 5.47. The van der Waals surface area contributed by atoms with Crippen molar-refractivity contribution in [2.45, 2.75) is 13.0 Å². The minimum absolute atomic E-state index is 0.0842. The van der Waals surface area contributed by atoms with Gasteiger partial charge in [-0.15, -0.1) is 0 Å². The fraction of sp³-hybridized carbons (Fsp3) is 0.333. The number of hydrogen-bond donors (Lipinski definition) is 4. The summed E-state index contributed by atoms with van der Waals surface area (Å²) in [7, 11) is 0. The Balaban J connectivity index is 3.20. The molecule has 72 valence electrons. The highest BCUT2D eigenvalue weighted by Gasteiger charge is 2.15. The second-order valence-electron chi connectivity index (χ2n) is 3.01. The minimum atomic E-state index is -0.749. The Morgan fingerprint density at radius 1 is 1.31 bits per heavy atom. The fourth-order valence-corrected chi connectivity index (χ4v) is 1.23. The van der Waals surface area contributed by atoms with Crippen LogP contribution in [0.25, 0.3) is 0 Å². The monoisotopic (exact) mass is 183 g/mol. The van der Waals surface area contributed by atoms with Crippen molar-refractivity contribution < 1.29 is 15.3 Å². The molecule has 0 aliphatic carbocycles. The van der Waals surface area contributed by atoms with Crippen LogP contribution in [0, 0.1) is 6.92 Å². The Hall–Kier alpha value is -1.26. The molecule has 13 heavy (non-hydrogen) atoms. The number of benzene rings is 1. The second-order valence-corrected chi connectivity index (χ2v) is 3.01. The number of hydrogen-bond acceptors (Lipinski definition) is 4. The number of aromatic hydroxyl groups is 2. The molecule has 1 atom stereocenters. The topological polar surface area (TPSA) is 86.7 Å². The lowest BCUT2D eigenvalue weighted by Crippen LogP contribution is -2.14. The number of nitrogens with two attached hydrogens (primary N) is 1. The number of aliphatic hydroxyl groups excluding tert-OH is 1. The lowest BCUT2D eigenvalue weighted by Gasteiger charge is -2.13. The molecule has 0 saturated heterocycles. The summed E-state index contributed by atoms with van der Waals surface area (Å²) < 4.78 is 0. The van der Waals surface area contributed by atoms with Gasteiger partial charge in [0.15, 0.2) is 0 Å². The zero-order valence-electron chi connectivity index (χ0n) is 7.36. The van der Waals surface area contributed by atoms with Crippen LogP contribution in [0.2, 0.25) is 0 Å². The molecule has 0 amide bonds. The molecule has 0 radical (unpaired) electrons. The molecule has 1 aromatic carbocycles. The van der Waals surface area contributed by atoms with Crippen LogP contribution in [0.4, 0.5) is 0 Å². The standard InChI is InChI=1S/C9H13NO3/c1-5-2-7(12)9(6(10)4-11)8(13)3-5/h2-3,6,11-13H,4,10H2,1H3. The maximum Gasteiger partial charge on any atom is 0.124 e. The van der Waals surface area contributed by atoms with Crippen LogP contribution in [0.3, 0.4) is 0 Å². The average Bonchev–Trinajstić information content (AvgIpc) is 2.02. The fourth-order valence-electron chi connectivity index (χ4n) is 1.23.